The van der Waals surface area contributed by atoms with Crippen molar-refractivity contribution in [3.05, 3.63) is 94.1 Å². The Labute approximate surface area is 328 Å². The summed E-state index contributed by atoms with van der Waals surface area (Å²) >= 11 is 0. The van der Waals surface area contributed by atoms with Gasteiger partial charge in [-0.3, -0.25) is 14.2 Å². The van der Waals surface area contributed by atoms with E-state index >= 15 is 8.78 Å². The molecule has 3 heterocycles. The van der Waals surface area contributed by atoms with Crippen molar-refractivity contribution < 1.29 is 57.1 Å². The predicted molar refractivity (Wildman–Crippen MR) is 192 cm³/mol. The number of aromatic nitrogens is 5. The van der Waals surface area contributed by atoms with E-state index in [1.165, 1.54) is 44.2 Å². The Balaban J connectivity index is 1.40. The van der Waals surface area contributed by atoms with Crippen LogP contribution in [0.5, 0.6) is 0 Å². The highest BCUT2D eigenvalue weighted by molar-refractivity contribution is 7.92. The third-order valence-electron chi connectivity index (χ3n) is 10.3. The van der Waals surface area contributed by atoms with E-state index in [0.29, 0.717) is 10.7 Å². The summed E-state index contributed by atoms with van der Waals surface area (Å²) in [6, 6.07) is 7.56. The molecule has 5 aromatic rings. The van der Waals surface area contributed by atoms with Gasteiger partial charge in [0.05, 0.1) is 17.3 Å². The quantitative estimate of drug-likeness (QED) is 0.118. The second-order valence-corrected chi connectivity index (χ2v) is 17.5. The lowest BCUT2D eigenvalue weighted by molar-refractivity contribution is -0.142. The maximum absolute atomic E-state index is 15.4. The molecule has 1 amide bonds. The molecular weight excluding hydrogens is 825 g/mol. The van der Waals surface area contributed by atoms with Crippen LogP contribution in [-0.2, 0) is 46.2 Å². The second-order valence-electron chi connectivity index (χ2n) is 15.0. The number of rotatable bonds is 9. The van der Waals surface area contributed by atoms with Crippen molar-refractivity contribution in [1.82, 2.24) is 29.9 Å². The first-order chi connectivity index (χ1) is 27.2. The van der Waals surface area contributed by atoms with Crippen LogP contribution >= 0.6 is 0 Å². The number of hydrogen-bond acceptors (Lipinski definition) is 7. The predicted octanol–water partition coefficient (Wildman–Crippen LogP) is 7.22. The van der Waals surface area contributed by atoms with Crippen LogP contribution in [0.3, 0.4) is 0 Å². The molecule has 312 valence electrons. The molecule has 0 aliphatic heterocycles. The van der Waals surface area contributed by atoms with Crippen molar-refractivity contribution in [2.45, 2.75) is 74.8 Å². The average Bonchev–Trinajstić information content (AvgIpc) is 3.65. The van der Waals surface area contributed by atoms with Gasteiger partial charge in [0.25, 0.3) is 5.92 Å². The van der Waals surface area contributed by atoms with Crippen LogP contribution in [0, 0.1) is 29.4 Å². The van der Waals surface area contributed by atoms with E-state index < -0.39 is 105 Å². The minimum Gasteiger partial charge on any atom is -0.382 e. The molecule has 1 saturated carbocycles. The number of amides is 1. The van der Waals surface area contributed by atoms with E-state index in [4.69, 9.17) is 5.73 Å². The molecule has 2 aromatic carbocycles. The number of alkyl halides is 8. The normalized spacial score (nSPS) is 17.9. The number of sulfone groups is 1. The van der Waals surface area contributed by atoms with E-state index in [2.05, 4.69) is 32.3 Å². The number of nitrogens with zero attached hydrogens (tertiary/aromatic N) is 5. The Kier molecular flexibility index (Phi) is 9.84. The number of para-hydroxylation sites is 1. The lowest BCUT2D eigenvalue weighted by Gasteiger charge is -2.23. The van der Waals surface area contributed by atoms with Gasteiger partial charge in [-0.2, -0.15) is 45.3 Å². The molecule has 7 rings (SSSR count). The van der Waals surface area contributed by atoms with Crippen molar-refractivity contribution in [2.75, 3.05) is 12.0 Å². The van der Waals surface area contributed by atoms with Gasteiger partial charge in [0.15, 0.2) is 21.3 Å². The van der Waals surface area contributed by atoms with Gasteiger partial charge in [0.2, 0.25) is 5.91 Å². The number of carbonyl (C=O) groups is 1. The molecule has 0 radical (unpaired) electrons. The molecule has 3 N–H and O–H groups in total. The highest BCUT2D eigenvalue weighted by Crippen LogP contribution is 2.68. The minimum absolute atomic E-state index is 0.00215. The molecule has 3 atom stereocenters. The Morgan fingerprint density at radius 2 is 1.68 bits per heavy atom. The maximum atomic E-state index is 15.4. The lowest BCUT2D eigenvalue weighted by Crippen LogP contribution is -2.35. The first-order valence-electron chi connectivity index (χ1n) is 17.6. The summed E-state index contributed by atoms with van der Waals surface area (Å²) in [7, 11) is -3.78. The third kappa shape index (κ3) is 7.93. The van der Waals surface area contributed by atoms with Crippen LogP contribution in [0.15, 0.2) is 48.5 Å². The standard InChI is InChI=1S/C38H31F10N7O3S/c1-35(2,59(3,57)58)10-9-21-7-8-22(23-5-4-6-24-31(23)55(53-34(24)49)17-36(41,42)43)30(50-21)27(13-18-11-19(39)14-20(40)12-18)51-28(56)16-54-33-29(32(52-54)38(46,47)48)25-15-26(25)37(33,44)45/h4-8,11-12,14,25-27H,13,15-17H2,1-3H3,(H2,49,53)(H,51,56)/t25-,26+,27?/m0/s1. The number of benzene rings is 2. The maximum Gasteiger partial charge on any atom is 0.435 e. The van der Waals surface area contributed by atoms with E-state index in [1.807, 2.05) is 0 Å². The first-order valence-corrected chi connectivity index (χ1v) is 19.5. The third-order valence-corrected chi connectivity index (χ3v) is 12.2. The van der Waals surface area contributed by atoms with Gasteiger partial charge in [-0.1, -0.05) is 18.1 Å². The van der Waals surface area contributed by atoms with Gasteiger partial charge in [0.1, 0.15) is 40.9 Å². The molecule has 1 fully saturated rings. The van der Waals surface area contributed by atoms with Gasteiger partial charge in [-0.25, -0.2) is 22.2 Å². The zero-order valence-electron chi connectivity index (χ0n) is 30.9. The fraction of sp³-hybridized carbons (Fsp3) is 0.368. The van der Waals surface area contributed by atoms with Crippen molar-refractivity contribution in [3.8, 4) is 23.0 Å². The van der Waals surface area contributed by atoms with Crippen molar-refractivity contribution in [1.29, 1.82) is 0 Å². The van der Waals surface area contributed by atoms with Crippen molar-refractivity contribution in [3.63, 3.8) is 0 Å². The average molecular weight is 856 g/mol. The van der Waals surface area contributed by atoms with E-state index in [9.17, 15) is 48.3 Å². The van der Waals surface area contributed by atoms with Gasteiger partial charge in [-0.15, -0.1) is 0 Å². The Hall–Kier alpha value is -5.65. The van der Waals surface area contributed by atoms with Crippen LogP contribution in [0.1, 0.15) is 66.1 Å². The SMILES string of the molecule is CC(C)(C#Cc1ccc(-c2cccc3c(N)nn(CC(F)(F)F)c23)c(C(Cc2cc(F)cc(F)c2)NC(=O)Cn2nc(C(F)(F)F)c3c2C(F)(F)[C@@H]2C[C@H]32)n1)S(C)(=O)=O. The number of fused-ring (bicyclic) bond motifs is 4. The highest BCUT2D eigenvalue weighted by atomic mass is 32.2. The molecule has 3 aromatic heterocycles. The Morgan fingerprint density at radius 3 is 2.31 bits per heavy atom. The fourth-order valence-electron chi connectivity index (χ4n) is 7.26. The highest BCUT2D eigenvalue weighted by Gasteiger charge is 2.68. The topological polar surface area (TPSA) is 138 Å². The lowest BCUT2D eigenvalue weighted by atomic mass is 9.93. The van der Waals surface area contributed by atoms with Crippen LogP contribution in [0.25, 0.3) is 22.0 Å². The number of carbonyl (C=O) groups excluding carboxylic acids is 1. The molecule has 10 nitrogen and oxygen atoms in total. The molecule has 1 unspecified atom stereocenters. The van der Waals surface area contributed by atoms with E-state index in [1.54, 1.807) is 0 Å². The fourth-order valence-corrected chi connectivity index (χ4v) is 7.49. The number of hydrogen-bond donors (Lipinski definition) is 2. The van der Waals surface area contributed by atoms with Gasteiger partial charge >= 0.3 is 12.4 Å². The number of nitrogens with two attached hydrogens (primary N) is 1. The first kappa shape index (κ1) is 41.5. The summed E-state index contributed by atoms with van der Waals surface area (Å²) in [5.74, 6) is -4.68. The minimum atomic E-state index is -5.14. The summed E-state index contributed by atoms with van der Waals surface area (Å²) < 4.78 is 167. The van der Waals surface area contributed by atoms with Gasteiger partial charge in [-0.05, 0) is 74.4 Å². The zero-order valence-corrected chi connectivity index (χ0v) is 31.7. The summed E-state index contributed by atoms with van der Waals surface area (Å²) in [4.78, 5) is 18.4. The zero-order chi connectivity index (χ0) is 43.2. The summed E-state index contributed by atoms with van der Waals surface area (Å²) in [6.45, 7) is -0.179. The Morgan fingerprint density at radius 1 is 1.00 bits per heavy atom. The molecule has 21 heteroatoms. The summed E-state index contributed by atoms with van der Waals surface area (Å²) in [5.41, 5.74) is 1.96. The van der Waals surface area contributed by atoms with Crippen LogP contribution in [-0.4, -0.2) is 56.0 Å². The van der Waals surface area contributed by atoms with Crippen molar-refractivity contribution in [2.24, 2.45) is 5.92 Å². The number of anilines is 1. The molecule has 0 spiro atoms. The molecule has 2 aliphatic carbocycles. The monoisotopic (exact) mass is 855 g/mol. The van der Waals surface area contributed by atoms with E-state index in [-0.39, 0.29) is 55.9 Å². The second kappa shape index (κ2) is 14.0. The van der Waals surface area contributed by atoms with Crippen molar-refractivity contribution >= 4 is 32.5 Å². The largest absolute Gasteiger partial charge is 0.435 e. The number of halogens is 10. The van der Waals surface area contributed by atoms with E-state index in [0.717, 1.165) is 18.4 Å². The molecule has 0 saturated heterocycles. The smallest absolute Gasteiger partial charge is 0.382 e. The van der Waals surface area contributed by atoms with Gasteiger partial charge in [0, 0.05) is 40.3 Å². The number of nitrogens with one attached hydrogen (secondary N) is 1. The molecule has 59 heavy (non-hydrogen) atoms. The van der Waals surface area contributed by atoms with Gasteiger partial charge < -0.3 is 11.1 Å². The molecule has 2 aliphatic rings. The Bertz CT molecular complexity index is 2690. The molecule has 0 bridgehead atoms. The number of nitrogen functional groups attached to an aromatic ring is 1. The number of pyridine rings is 1. The van der Waals surface area contributed by atoms with Crippen LogP contribution in [0.2, 0.25) is 0 Å². The summed E-state index contributed by atoms with van der Waals surface area (Å²) in [6.07, 6.45) is -9.74. The van der Waals surface area contributed by atoms with Crippen LogP contribution in [0.4, 0.5) is 49.7 Å². The summed E-state index contributed by atoms with van der Waals surface area (Å²) in [5, 5.41) is 9.79. The molecular formula is C38H31F10N7O3S. The van der Waals surface area contributed by atoms with Crippen LogP contribution < -0.4 is 11.1 Å².